The van der Waals surface area contributed by atoms with Crippen molar-refractivity contribution >= 4 is 28.9 Å². The second-order valence-corrected chi connectivity index (χ2v) is 10.8. The Morgan fingerprint density at radius 3 is 2.60 bits per heavy atom. The highest BCUT2D eigenvalue weighted by Gasteiger charge is 2.19. The summed E-state index contributed by atoms with van der Waals surface area (Å²) in [6.45, 7) is 4.03. The minimum Gasteiger partial charge on any atom is -0.324 e. The third kappa shape index (κ3) is 5.48. The van der Waals surface area contributed by atoms with Crippen LogP contribution < -0.4 is 16.0 Å². The molecule has 6 aromatic rings. The molecule has 1 aliphatic heterocycles. The van der Waals surface area contributed by atoms with Crippen LogP contribution in [0.25, 0.3) is 28.3 Å². The first-order valence-corrected chi connectivity index (χ1v) is 14.5. The SMILES string of the molecule is Cc1ccccc1C(=O)Nc1cccc(-c2nc3ccccn3c2-c2ccnc(Nc3ccc(C4CCNC4)cc3)n2)c1. The van der Waals surface area contributed by atoms with E-state index in [1.165, 1.54) is 12.0 Å². The van der Waals surface area contributed by atoms with Crippen molar-refractivity contribution in [2.75, 3.05) is 23.7 Å². The van der Waals surface area contributed by atoms with E-state index in [0.29, 0.717) is 23.1 Å². The van der Waals surface area contributed by atoms with Crippen LogP contribution in [0.15, 0.2) is 109 Å². The molecule has 1 saturated heterocycles. The van der Waals surface area contributed by atoms with Crippen LogP contribution >= 0.6 is 0 Å². The van der Waals surface area contributed by atoms with Gasteiger partial charge in [-0.15, -0.1) is 0 Å². The van der Waals surface area contributed by atoms with Gasteiger partial charge in [0.05, 0.1) is 17.1 Å². The van der Waals surface area contributed by atoms with E-state index in [1.54, 1.807) is 6.20 Å². The van der Waals surface area contributed by atoms with Crippen molar-refractivity contribution in [3.8, 4) is 22.6 Å². The fraction of sp³-hybridized carbons (Fsp3) is 0.143. The summed E-state index contributed by atoms with van der Waals surface area (Å²) in [4.78, 5) is 27.4. The number of hydrogen-bond acceptors (Lipinski definition) is 6. The fourth-order valence-corrected chi connectivity index (χ4v) is 5.67. The van der Waals surface area contributed by atoms with Gasteiger partial charge in [-0.25, -0.2) is 15.0 Å². The standard InChI is InChI=1S/C35H31N7O/c1-23-7-2-3-10-29(23)34(43)38-28-9-6-8-25(21-28)32-33(42-20-5-4-11-31(42)41-32)30-17-19-37-35(40-30)39-27-14-12-24(13-15-27)26-16-18-36-22-26/h2-15,17,19-21,26,36H,16,18,22H2,1H3,(H,38,43)(H,37,39,40). The number of hydrogen-bond donors (Lipinski definition) is 3. The van der Waals surface area contributed by atoms with Gasteiger partial charge < -0.3 is 16.0 Å². The number of aryl methyl sites for hydroxylation is 1. The van der Waals surface area contributed by atoms with Crippen molar-refractivity contribution in [2.45, 2.75) is 19.3 Å². The second-order valence-electron chi connectivity index (χ2n) is 10.8. The summed E-state index contributed by atoms with van der Waals surface area (Å²) in [5.74, 6) is 0.922. The number of nitrogens with one attached hydrogen (secondary N) is 3. The number of fused-ring (bicyclic) bond motifs is 1. The molecule has 1 fully saturated rings. The van der Waals surface area contributed by atoms with Crippen molar-refractivity contribution in [3.05, 3.63) is 126 Å². The van der Waals surface area contributed by atoms with Gasteiger partial charge in [0.15, 0.2) is 0 Å². The lowest BCUT2D eigenvalue weighted by molar-refractivity contribution is 0.102. The summed E-state index contributed by atoms with van der Waals surface area (Å²) >= 11 is 0. The van der Waals surface area contributed by atoms with E-state index >= 15 is 0 Å². The molecular formula is C35H31N7O. The van der Waals surface area contributed by atoms with Crippen molar-refractivity contribution < 1.29 is 4.79 Å². The molecule has 212 valence electrons. The average Bonchev–Trinajstić information content (AvgIpc) is 3.71. The van der Waals surface area contributed by atoms with Gasteiger partial charge in [0.1, 0.15) is 5.65 Å². The summed E-state index contributed by atoms with van der Waals surface area (Å²) in [7, 11) is 0. The summed E-state index contributed by atoms with van der Waals surface area (Å²) in [5.41, 5.74) is 8.54. The molecule has 7 rings (SSSR count). The van der Waals surface area contributed by atoms with Gasteiger partial charge in [-0.3, -0.25) is 9.20 Å². The van der Waals surface area contributed by atoms with Crippen LogP contribution in [0.5, 0.6) is 0 Å². The zero-order chi connectivity index (χ0) is 29.2. The molecule has 0 spiro atoms. The molecule has 8 heteroatoms. The fourth-order valence-electron chi connectivity index (χ4n) is 5.67. The number of aromatic nitrogens is 4. The number of benzene rings is 3. The van der Waals surface area contributed by atoms with E-state index in [1.807, 2.05) is 90.3 Å². The largest absolute Gasteiger partial charge is 0.324 e. The number of imidazole rings is 1. The number of nitrogens with zero attached hydrogens (tertiary/aromatic N) is 4. The van der Waals surface area contributed by atoms with Crippen LogP contribution in [0.4, 0.5) is 17.3 Å². The number of amides is 1. The third-order valence-corrected chi connectivity index (χ3v) is 7.91. The first-order valence-electron chi connectivity index (χ1n) is 14.5. The van der Waals surface area contributed by atoms with Gasteiger partial charge in [-0.1, -0.05) is 48.5 Å². The number of carbonyl (C=O) groups excluding carboxylic acids is 1. The van der Waals surface area contributed by atoms with Crippen LogP contribution in [-0.4, -0.2) is 38.3 Å². The molecule has 0 bridgehead atoms. The number of rotatable bonds is 7. The minimum absolute atomic E-state index is 0.148. The summed E-state index contributed by atoms with van der Waals surface area (Å²) < 4.78 is 2.03. The van der Waals surface area contributed by atoms with Crippen molar-refractivity contribution in [1.82, 2.24) is 24.7 Å². The molecular weight excluding hydrogens is 534 g/mol. The first-order chi connectivity index (χ1) is 21.1. The molecule has 3 N–H and O–H groups in total. The predicted octanol–water partition coefficient (Wildman–Crippen LogP) is 6.84. The lowest BCUT2D eigenvalue weighted by Gasteiger charge is -2.11. The van der Waals surface area contributed by atoms with Crippen molar-refractivity contribution in [2.24, 2.45) is 0 Å². The number of anilines is 3. The molecule has 1 atom stereocenters. The van der Waals surface area contributed by atoms with Crippen molar-refractivity contribution in [3.63, 3.8) is 0 Å². The molecule has 4 heterocycles. The van der Waals surface area contributed by atoms with Crippen LogP contribution in [-0.2, 0) is 0 Å². The molecule has 0 aliphatic carbocycles. The highest BCUT2D eigenvalue weighted by molar-refractivity contribution is 6.05. The minimum atomic E-state index is -0.148. The lowest BCUT2D eigenvalue weighted by Crippen LogP contribution is -2.13. The number of carbonyl (C=O) groups is 1. The summed E-state index contributed by atoms with van der Waals surface area (Å²) in [5, 5.41) is 9.85. The van der Waals surface area contributed by atoms with Gasteiger partial charge >= 0.3 is 0 Å². The van der Waals surface area contributed by atoms with E-state index in [4.69, 9.17) is 9.97 Å². The van der Waals surface area contributed by atoms with E-state index in [9.17, 15) is 4.79 Å². The molecule has 1 aliphatic rings. The monoisotopic (exact) mass is 565 g/mol. The van der Waals surface area contributed by atoms with Gasteiger partial charge in [0.25, 0.3) is 5.91 Å². The summed E-state index contributed by atoms with van der Waals surface area (Å²) in [6.07, 6.45) is 4.91. The highest BCUT2D eigenvalue weighted by Crippen LogP contribution is 2.34. The Morgan fingerprint density at radius 1 is 0.907 bits per heavy atom. The Bertz CT molecular complexity index is 1920. The van der Waals surface area contributed by atoms with Gasteiger partial charge in [0, 0.05) is 41.4 Å². The first kappa shape index (κ1) is 26.6. The van der Waals surface area contributed by atoms with Gasteiger partial charge in [0.2, 0.25) is 5.95 Å². The maximum absolute atomic E-state index is 13.0. The van der Waals surface area contributed by atoms with Gasteiger partial charge in [-0.05, 0) is 85.5 Å². The normalized spacial score (nSPS) is 14.6. The van der Waals surface area contributed by atoms with Gasteiger partial charge in [-0.2, -0.15) is 0 Å². The quantitative estimate of drug-likeness (QED) is 0.196. The molecule has 0 radical (unpaired) electrons. The topological polar surface area (TPSA) is 96.2 Å². The average molecular weight is 566 g/mol. The Balaban J connectivity index is 1.21. The van der Waals surface area contributed by atoms with E-state index in [2.05, 4.69) is 45.2 Å². The number of pyridine rings is 1. The molecule has 3 aromatic carbocycles. The summed E-state index contributed by atoms with van der Waals surface area (Å²) in [6, 6.07) is 31.6. The second kappa shape index (κ2) is 11.5. The Kier molecular flexibility index (Phi) is 7.10. The maximum Gasteiger partial charge on any atom is 0.255 e. The van der Waals surface area contributed by atoms with Crippen LogP contribution in [0.2, 0.25) is 0 Å². The van der Waals surface area contributed by atoms with Crippen LogP contribution in [0.3, 0.4) is 0 Å². The Hall–Kier alpha value is -5.34. The maximum atomic E-state index is 13.0. The molecule has 3 aromatic heterocycles. The van der Waals surface area contributed by atoms with Crippen LogP contribution in [0.1, 0.15) is 33.8 Å². The van der Waals surface area contributed by atoms with Crippen molar-refractivity contribution in [1.29, 1.82) is 0 Å². The molecule has 43 heavy (non-hydrogen) atoms. The lowest BCUT2D eigenvalue weighted by atomic mass is 9.98. The Labute approximate surface area is 249 Å². The third-order valence-electron chi connectivity index (χ3n) is 7.91. The molecule has 0 saturated carbocycles. The molecule has 8 nitrogen and oxygen atoms in total. The van der Waals surface area contributed by atoms with E-state index < -0.39 is 0 Å². The predicted molar refractivity (Wildman–Crippen MR) is 171 cm³/mol. The molecule has 1 amide bonds. The van der Waals surface area contributed by atoms with E-state index in [0.717, 1.165) is 52.6 Å². The molecule has 1 unspecified atom stereocenters. The zero-order valence-corrected chi connectivity index (χ0v) is 23.8. The Morgan fingerprint density at radius 2 is 1.77 bits per heavy atom. The van der Waals surface area contributed by atoms with E-state index in [-0.39, 0.29) is 5.91 Å². The zero-order valence-electron chi connectivity index (χ0n) is 23.8. The highest BCUT2D eigenvalue weighted by atomic mass is 16.1. The smallest absolute Gasteiger partial charge is 0.255 e. The van der Waals surface area contributed by atoms with Crippen LogP contribution in [0, 0.1) is 6.92 Å².